The number of aromatic nitrogens is 2. The van der Waals surface area contributed by atoms with Crippen LogP contribution < -0.4 is 10.6 Å². The van der Waals surface area contributed by atoms with Crippen LogP contribution in [0, 0.1) is 39.0 Å². The summed E-state index contributed by atoms with van der Waals surface area (Å²) < 4.78 is 0. The third kappa shape index (κ3) is 4.52. The number of amides is 1. The number of thiophene rings is 1. The van der Waals surface area contributed by atoms with Gasteiger partial charge in [0.05, 0.1) is 5.56 Å². The van der Waals surface area contributed by atoms with Gasteiger partial charge in [-0.05, 0) is 45.7 Å². The molecule has 1 amide bonds. The van der Waals surface area contributed by atoms with E-state index in [2.05, 4.69) is 26.7 Å². The average molecular weight is 343 g/mol. The summed E-state index contributed by atoms with van der Waals surface area (Å²) in [6.07, 6.45) is 1.03. The minimum absolute atomic E-state index is 0.0871. The summed E-state index contributed by atoms with van der Waals surface area (Å²) in [6.45, 7) is 8.30. The maximum atomic E-state index is 12.0. The molecule has 2 aromatic heterocycles. The Kier molecular flexibility index (Phi) is 5.88. The molecule has 2 aromatic rings. The highest BCUT2D eigenvalue weighted by Crippen LogP contribution is 2.31. The molecule has 2 N–H and O–H groups in total. The maximum absolute atomic E-state index is 12.0. The molecule has 0 unspecified atom stereocenters. The van der Waals surface area contributed by atoms with Crippen LogP contribution in [0.4, 0.5) is 10.9 Å². The van der Waals surface area contributed by atoms with Gasteiger partial charge in [0.15, 0.2) is 0 Å². The highest BCUT2D eigenvalue weighted by Gasteiger charge is 2.14. The predicted molar refractivity (Wildman–Crippen MR) is 96.4 cm³/mol. The van der Waals surface area contributed by atoms with Crippen LogP contribution in [-0.2, 0) is 4.79 Å². The largest absolute Gasteiger partial charge is 0.354 e. The normalized spacial score (nSPS) is 10.3. The van der Waals surface area contributed by atoms with Crippen LogP contribution in [0.25, 0.3) is 0 Å². The van der Waals surface area contributed by atoms with Gasteiger partial charge in [-0.3, -0.25) is 4.79 Å². The fraction of sp³-hybridized carbons (Fsp3) is 0.412. The first kappa shape index (κ1) is 17.9. The molecule has 0 aliphatic carbocycles. The second-order valence-electron chi connectivity index (χ2n) is 5.65. The van der Waals surface area contributed by atoms with Crippen molar-refractivity contribution in [3.05, 3.63) is 33.5 Å². The highest BCUT2D eigenvalue weighted by atomic mass is 32.1. The summed E-state index contributed by atoms with van der Waals surface area (Å²) in [5.41, 5.74) is 3.32. The Hall–Kier alpha value is -2.46. The number of carbonyl (C=O) groups is 1. The Labute approximate surface area is 146 Å². The van der Waals surface area contributed by atoms with Crippen LogP contribution in [0.15, 0.2) is 6.07 Å². The van der Waals surface area contributed by atoms with E-state index >= 15 is 0 Å². The summed E-state index contributed by atoms with van der Waals surface area (Å²) in [5, 5.41) is 15.8. The van der Waals surface area contributed by atoms with Gasteiger partial charge in [0.2, 0.25) is 11.9 Å². The number of nitrogens with zero attached hydrogens (tertiary/aromatic N) is 3. The van der Waals surface area contributed by atoms with Crippen molar-refractivity contribution >= 4 is 28.2 Å². The van der Waals surface area contributed by atoms with Crippen molar-refractivity contribution in [3.63, 3.8) is 0 Å². The maximum Gasteiger partial charge on any atom is 0.225 e. The highest BCUT2D eigenvalue weighted by molar-refractivity contribution is 7.16. The van der Waals surface area contributed by atoms with Crippen molar-refractivity contribution in [1.29, 1.82) is 5.26 Å². The molecule has 0 saturated heterocycles. The minimum Gasteiger partial charge on any atom is -0.354 e. The fourth-order valence-electron chi connectivity index (χ4n) is 2.29. The molecule has 6 nitrogen and oxygen atoms in total. The average Bonchev–Trinajstić information content (AvgIpc) is 2.76. The monoisotopic (exact) mass is 343 g/mol. The number of aryl methyl sites for hydroxylation is 3. The molecule has 2 rings (SSSR count). The number of hydrogen-bond donors (Lipinski definition) is 2. The smallest absolute Gasteiger partial charge is 0.225 e. The van der Waals surface area contributed by atoms with E-state index in [9.17, 15) is 10.1 Å². The van der Waals surface area contributed by atoms with Crippen molar-refractivity contribution in [3.8, 4) is 6.07 Å². The lowest BCUT2D eigenvalue weighted by Gasteiger charge is -2.07. The van der Waals surface area contributed by atoms with E-state index in [-0.39, 0.29) is 5.91 Å². The van der Waals surface area contributed by atoms with Crippen LogP contribution in [0.5, 0.6) is 0 Å². The molecular weight excluding hydrogens is 322 g/mol. The third-order valence-electron chi connectivity index (χ3n) is 3.60. The van der Waals surface area contributed by atoms with Crippen molar-refractivity contribution in [2.75, 3.05) is 17.2 Å². The van der Waals surface area contributed by atoms with Gasteiger partial charge in [-0.2, -0.15) is 5.26 Å². The number of nitrogens with one attached hydrogen (secondary N) is 2. The number of nitriles is 1. The second kappa shape index (κ2) is 7.88. The second-order valence-corrected chi connectivity index (χ2v) is 6.88. The molecule has 0 aromatic carbocycles. The summed E-state index contributed by atoms with van der Waals surface area (Å²) >= 11 is 1.44. The standard InChI is InChI=1S/C17H21N5OS/c1-10-8-11(2)21-17(20-10)19-7-5-6-15(23)22-16-14(9-18)12(3)13(4)24-16/h8H,5-7H2,1-4H3,(H,22,23)(H,19,20,21). The zero-order valence-electron chi connectivity index (χ0n) is 14.4. The lowest BCUT2D eigenvalue weighted by molar-refractivity contribution is -0.116. The van der Waals surface area contributed by atoms with Gasteiger partial charge in [0, 0.05) is 29.2 Å². The summed E-state index contributed by atoms with van der Waals surface area (Å²) in [6, 6.07) is 4.07. The molecule has 0 radical (unpaired) electrons. The zero-order valence-corrected chi connectivity index (χ0v) is 15.2. The van der Waals surface area contributed by atoms with E-state index in [0.29, 0.717) is 35.9 Å². The van der Waals surface area contributed by atoms with Gasteiger partial charge >= 0.3 is 0 Å². The fourth-order valence-corrected chi connectivity index (χ4v) is 3.32. The van der Waals surface area contributed by atoms with E-state index in [1.54, 1.807) is 0 Å². The molecule has 0 atom stereocenters. The Bertz CT molecular complexity index is 771. The molecule has 0 saturated carbocycles. The van der Waals surface area contributed by atoms with Crippen molar-refractivity contribution in [2.45, 2.75) is 40.5 Å². The van der Waals surface area contributed by atoms with Crippen molar-refractivity contribution < 1.29 is 4.79 Å². The Balaban J connectivity index is 1.82. The number of hydrogen-bond acceptors (Lipinski definition) is 6. The van der Waals surface area contributed by atoms with E-state index < -0.39 is 0 Å². The van der Waals surface area contributed by atoms with Gasteiger partial charge in [0.25, 0.3) is 0 Å². The summed E-state index contributed by atoms with van der Waals surface area (Å²) in [4.78, 5) is 21.7. The molecule has 7 heteroatoms. The molecule has 0 fully saturated rings. The first-order chi connectivity index (χ1) is 11.4. The third-order valence-corrected chi connectivity index (χ3v) is 4.72. The van der Waals surface area contributed by atoms with Crippen molar-refractivity contribution in [1.82, 2.24) is 9.97 Å². The topological polar surface area (TPSA) is 90.7 Å². The minimum atomic E-state index is -0.0871. The molecular formula is C17H21N5OS. The summed E-state index contributed by atoms with van der Waals surface area (Å²) in [5.74, 6) is 0.500. The van der Waals surface area contributed by atoms with Gasteiger partial charge in [-0.1, -0.05) is 0 Å². The van der Waals surface area contributed by atoms with E-state index in [1.165, 1.54) is 11.3 Å². The van der Waals surface area contributed by atoms with Crippen LogP contribution in [0.1, 0.15) is 40.2 Å². The van der Waals surface area contributed by atoms with E-state index in [1.807, 2.05) is 33.8 Å². The van der Waals surface area contributed by atoms with Crippen LogP contribution in [-0.4, -0.2) is 22.4 Å². The quantitative estimate of drug-likeness (QED) is 0.784. The number of rotatable bonds is 6. The molecule has 24 heavy (non-hydrogen) atoms. The SMILES string of the molecule is Cc1cc(C)nc(NCCCC(=O)Nc2sc(C)c(C)c2C#N)n1. The Morgan fingerprint density at radius 1 is 1.25 bits per heavy atom. The zero-order chi connectivity index (χ0) is 17.7. The molecule has 126 valence electrons. The predicted octanol–water partition coefficient (Wildman–Crippen LogP) is 3.47. The molecule has 2 heterocycles. The van der Waals surface area contributed by atoms with Crippen molar-refractivity contribution in [2.24, 2.45) is 0 Å². The van der Waals surface area contributed by atoms with Gasteiger partial charge in [-0.15, -0.1) is 11.3 Å². The molecule has 0 aliphatic heterocycles. The Morgan fingerprint density at radius 3 is 2.54 bits per heavy atom. The lowest BCUT2D eigenvalue weighted by Crippen LogP contribution is -2.14. The first-order valence-corrected chi connectivity index (χ1v) is 8.58. The lowest BCUT2D eigenvalue weighted by atomic mass is 10.2. The molecule has 0 aliphatic rings. The van der Waals surface area contributed by atoms with Gasteiger partial charge in [0.1, 0.15) is 11.1 Å². The molecule has 0 spiro atoms. The van der Waals surface area contributed by atoms with Crippen LogP contribution in [0.2, 0.25) is 0 Å². The number of carbonyl (C=O) groups excluding carboxylic acids is 1. The van der Waals surface area contributed by atoms with Crippen LogP contribution in [0.3, 0.4) is 0 Å². The number of anilines is 2. The first-order valence-electron chi connectivity index (χ1n) is 7.76. The van der Waals surface area contributed by atoms with E-state index in [4.69, 9.17) is 0 Å². The van der Waals surface area contributed by atoms with Gasteiger partial charge < -0.3 is 10.6 Å². The Morgan fingerprint density at radius 2 is 1.92 bits per heavy atom. The van der Waals surface area contributed by atoms with Gasteiger partial charge in [-0.25, -0.2) is 9.97 Å². The molecule has 0 bridgehead atoms. The van der Waals surface area contributed by atoms with Crippen LogP contribution >= 0.6 is 11.3 Å². The van der Waals surface area contributed by atoms with E-state index in [0.717, 1.165) is 21.8 Å². The summed E-state index contributed by atoms with van der Waals surface area (Å²) in [7, 11) is 0.